The predicted molar refractivity (Wildman–Crippen MR) is 354 cm³/mol. The third-order valence-electron chi connectivity index (χ3n) is 16.3. The fraction of sp³-hybridized carbons (Fsp3) is 0.500. The summed E-state index contributed by atoms with van der Waals surface area (Å²) in [6.45, 7) is 9.26. The van der Waals surface area contributed by atoms with Crippen molar-refractivity contribution in [2.75, 3.05) is 26.2 Å². The van der Waals surface area contributed by atoms with Gasteiger partial charge in [-0.1, -0.05) is 69.3 Å². The number of aromatic hydroxyl groups is 1. The zero-order chi connectivity index (χ0) is 68.8. The summed E-state index contributed by atoms with van der Waals surface area (Å²) < 4.78 is 0. The number of phenolic OH excluding ortho intramolecular Hbond substituents is 1. The molecule has 1 fully saturated rings. The number of H-pyrrole nitrogens is 2. The molecule has 1 aliphatic rings. The number of imide groups is 1. The van der Waals surface area contributed by atoms with Crippen molar-refractivity contribution in [1.29, 1.82) is 5.41 Å². The number of carbonyl (C=O) groups is 10. The fourth-order valence-electron chi connectivity index (χ4n) is 11.2. The maximum Gasteiger partial charge on any atom is 0.252 e. The lowest BCUT2D eigenvalue weighted by atomic mass is 10.00. The first-order valence-corrected chi connectivity index (χ1v) is 32.1. The van der Waals surface area contributed by atoms with Gasteiger partial charge in [0.25, 0.3) is 5.91 Å². The molecule has 510 valence electrons. The number of hydrogen-bond acceptors (Lipinski definition) is 15. The van der Waals surface area contributed by atoms with Gasteiger partial charge in [0, 0.05) is 73.1 Å². The molecule has 6 rings (SSSR count). The van der Waals surface area contributed by atoms with Gasteiger partial charge in [0.1, 0.15) is 54.1 Å². The molecule has 0 bridgehead atoms. The minimum Gasteiger partial charge on any atom is -0.508 e. The van der Waals surface area contributed by atoms with Gasteiger partial charge in [0.2, 0.25) is 53.2 Å². The van der Waals surface area contributed by atoms with Crippen molar-refractivity contribution in [3.8, 4) is 5.75 Å². The summed E-state index contributed by atoms with van der Waals surface area (Å²) in [4.78, 5) is 151. The van der Waals surface area contributed by atoms with E-state index in [0.29, 0.717) is 36.9 Å². The second-order valence-corrected chi connectivity index (χ2v) is 24.4. The maximum absolute atomic E-state index is 14.8. The van der Waals surface area contributed by atoms with Crippen molar-refractivity contribution in [3.05, 3.63) is 102 Å². The van der Waals surface area contributed by atoms with Gasteiger partial charge in [-0.2, -0.15) is 0 Å². The highest BCUT2D eigenvalue weighted by Crippen LogP contribution is 2.29. The van der Waals surface area contributed by atoms with Gasteiger partial charge in [-0.15, -0.1) is 0 Å². The zero-order valence-electron chi connectivity index (χ0n) is 54.4. The van der Waals surface area contributed by atoms with Crippen molar-refractivity contribution in [2.24, 2.45) is 23.1 Å². The number of rotatable bonds is 37. The number of unbranched alkanes of at least 4 members (excludes halogenated alkanes) is 1. The molecule has 0 aliphatic heterocycles. The quantitative estimate of drug-likeness (QED) is 0.0148. The number of carbonyl (C=O) groups excluding carboxylic acids is 10. The number of guanidine groups is 1. The van der Waals surface area contributed by atoms with E-state index >= 15 is 0 Å². The molecule has 94 heavy (non-hydrogen) atoms. The van der Waals surface area contributed by atoms with Crippen molar-refractivity contribution >= 4 is 86.8 Å². The Kier molecular flexibility index (Phi) is 27.9. The number of fused-ring (bicyclic) bond motifs is 2. The monoisotopic (exact) mass is 1300 g/mol. The van der Waals surface area contributed by atoms with Crippen LogP contribution in [0.3, 0.4) is 0 Å². The van der Waals surface area contributed by atoms with Gasteiger partial charge in [0.05, 0.1) is 12.6 Å². The number of aliphatic hydroxyl groups is 1. The summed E-state index contributed by atoms with van der Waals surface area (Å²) in [6, 6.07) is 8.03. The van der Waals surface area contributed by atoms with E-state index in [2.05, 4.69) is 52.5 Å². The molecule has 28 heteroatoms. The number of aromatic nitrogens is 2. The molecule has 2 aromatic heterocycles. The Morgan fingerprint density at radius 3 is 1.69 bits per heavy atom. The van der Waals surface area contributed by atoms with Crippen LogP contribution in [-0.4, -0.2) is 182 Å². The molecule has 2 heterocycles. The van der Waals surface area contributed by atoms with Crippen LogP contribution in [0.2, 0.25) is 0 Å². The Labute approximate surface area is 546 Å². The summed E-state index contributed by atoms with van der Waals surface area (Å²) in [5, 5.41) is 51.5. The molecule has 10 amide bonds. The number of para-hydroxylation sites is 2. The van der Waals surface area contributed by atoms with Crippen LogP contribution in [0.15, 0.2) is 85.2 Å². The zero-order valence-corrected chi connectivity index (χ0v) is 54.4. The Hall–Kier alpha value is -9.41. The summed E-state index contributed by atoms with van der Waals surface area (Å²) in [6.07, 6.45) is 6.15. The van der Waals surface area contributed by atoms with E-state index in [1.165, 1.54) is 38.1 Å². The summed E-state index contributed by atoms with van der Waals surface area (Å²) >= 11 is 0. The molecular formula is C66H94N16O12. The first-order chi connectivity index (χ1) is 44.8. The summed E-state index contributed by atoms with van der Waals surface area (Å²) in [7, 11) is 0. The highest BCUT2D eigenvalue weighted by Gasteiger charge is 2.41. The number of nitrogens with two attached hydrogens (primary N) is 3. The Balaban J connectivity index is 1.21. The third kappa shape index (κ3) is 21.3. The first kappa shape index (κ1) is 73.6. The fourth-order valence-corrected chi connectivity index (χ4v) is 11.2. The van der Waals surface area contributed by atoms with Gasteiger partial charge in [-0.25, -0.2) is 0 Å². The second kappa shape index (κ2) is 35.6. The average molecular weight is 1300 g/mol. The van der Waals surface area contributed by atoms with Crippen LogP contribution in [-0.2, 0) is 67.2 Å². The SMILES string of the molecule is CCCN(C(=O)[C@@H](C)N(C(C)=O)C(=O)[C@H](CCCNC(=N)N)NC(=O)[C@H](CC(C)C)NC(=O)[C@@H](CCCCN)NC(=O)[C@H](Cc1ccc(O)cc1)NC(=O)[C@H](CO)NC(=O)[C@@H](Cc1c[nH]c2ccccc12)NC(=O)[C@H](C)NC(=O)[C@H](N)Cc1c[nH]c2ccccc12)C1CC1. The van der Waals surface area contributed by atoms with Gasteiger partial charge in [-0.05, 0) is 131 Å². The van der Waals surface area contributed by atoms with E-state index < -0.39 is 120 Å². The number of phenols is 1. The lowest BCUT2D eigenvalue weighted by Gasteiger charge is -2.34. The van der Waals surface area contributed by atoms with Crippen molar-refractivity contribution < 1.29 is 58.2 Å². The lowest BCUT2D eigenvalue weighted by Crippen LogP contribution is -2.61. The van der Waals surface area contributed by atoms with E-state index in [0.717, 1.165) is 52.0 Å². The number of nitrogens with one attached hydrogen (secondary N) is 11. The van der Waals surface area contributed by atoms with Crippen LogP contribution < -0.4 is 59.7 Å². The van der Waals surface area contributed by atoms with Crippen molar-refractivity contribution in [1.82, 2.24) is 62.3 Å². The third-order valence-corrected chi connectivity index (χ3v) is 16.3. The average Bonchev–Trinajstić information content (AvgIpc) is 1.53. The van der Waals surface area contributed by atoms with Crippen LogP contribution in [0.4, 0.5) is 0 Å². The molecule has 0 saturated heterocycles. The van der Waals surface area contributed by atoms with Crippen LogP contribution in [0, 0.1) is 11.3 Å². The smallest absolute Gasteiger partial charge is 0.252 e. The topological polar surface area (TPSA) is 447 Å². The molecule has 0 radical (unpaired) electrons. The van der Waals surface area contributed by atoms with E-state index in [4.69, 9.17) is 22.6 Å². The van der Waals surface area contributed by atoms with Gasteiger partial charge >= 0.3 is 0 Å². The van der Waals surface area contributed by atoms with Crippen LogP contribution in [0.1, 0.15) is 116 Å². The largest absolute Gasteiger partial charge is 0.508 e. The molecule has 19 N–H and O–H groups in total. The van der Waals surface area contributed by atoms with E-state index in [1.54, 1.807) is 37.2 Å². The molecule has 0 spiro atoms. The molecule has 3 aromatic carbocycles. The number of nitrogens with zero attached hydrogens (tertiary/aromatic N) is 2. The summed E-state index contributed by atoms with van der Waals surface area (Å²) in [5.41, 5.74) is 21.1. The van der Waals surface area contributed by atoms with Crippen LogP contribution in [0.5, 0.6) is 5.75 Å². The normalized spacial score (nSPS) is 15.0. The van der Waals surface area contributed by atoms with E-state index in [-0.39, 0.29) is 81.7 Å². The standard InChI is InChI=1S/C66H94N16O12/c1-7-29-81(44-23-24-44)64(93)39(5)82(40(6)84)65(94)52(20-14-28-71-66(69)70)76-60(89)53(30-37(2)3)78-59(88)51(19-12-13-27-67)75-61(90)54(31-41-21-25-45(85)26-22-41)79-63(92)56(36-83)80-62(91)55(33-43-35-73-50-18-11-9-16-47(43)50)77-57(86)38(4)74-58(87)48(68)32-42-34-72-49-17-10-8-15-46(42)49/h8-11,15-18,21-22,25-26,34-35,37-39,44,48,51-56,72-73,83,85H,7,12-14,19-20,23-24,27-33,36,67-68H2,1-6H3,(H,74,87)(H,75,90)(H,76,89)(H,77,86)(H,78,88)(H,79,92)(H,80,91)(H4,69,70,71)/t38-,39+,48+,51+,52-,53-,54-,55+,56-/m0/s1. The molecule has 9 atom stereocenters. The second-order valence-electron chi connectivity index (χ2n) is 24.4. The van der Waals surface area contributed by atoms with Crippen LogP contribution >= 0.6 is 0 Å². The predicted octanol–water partition coefficient (Wildman–Crippen LogP) is 0.719. The number of aromatic amines is 2. The van der Waals surface area contributed by atoms with Crippen molar-refractivity contribution in [3.63, 3.8) is 0 Å². The summed E-state index contributed by atoms with van der Waals surface area (Å²) in [5.74, 6) is -8.69. The molecule has 5 aromatic rings. The van der Waals surface area contributed by atoms with E-state index in [9.17, 15) is 58.2 Å². The van der Waals surface area contributed by atoms with Gasteiger partial charge < -0.3 is 84.8 Å². The first-order valence-electron chi connectivity index (χ1n) is 32.1. The highest BCUT2D eigenvalue weighted by atomic mass is 16.3. The molecule has 1 aliphatic carbocycles. The molecule has 28 nitrogen and oxygen atoms in total. The van der Waals surface area contributed by atoms with Gasteiger partial charge in [-0.3, -0.25) is 58.3 Å². The Bertz CT molecular complexity index is 3440. The number of hydrogen-bond donors (Lipinski definition) is 16. The molecule has 1 saturated carbocycles. The van der Waals surface area contributed by atoms with Crippen molar-refractivity contribution in [2.45, 2.75) is 179 Å². The molecule has 0 unspecified atom stereocenters. The Morgan fingerprint density at radius 2 is 1.13 bits per heavy atom. The Morgan fingerprint density at radius 1 is 0.617 bits per heavy atom. The molecular weight excluding hydrogens is 1210 g/mol. The number of amides is 10. The van der Waals surface area contributed by atoms with E-state index in [1.807, 2.05) is 49.4 Å². The maximum atomic E-state index is 14.8. The minimum atomic E-state index is -1.76. The highest BCUT2D eigenvalue weighted by molar-refractivity contribution is 6.04. The minimum absolute atomic E-state index is 0.0159. The van der Waals surface area contributed by atoms with Crippen LogP contribution in [0.25, 0.3) is 21.8 Å². The number of benzene rings is 3. The van der Waals surface area contributed by atoms with Gasteiger partial charge in [0.15, 0.2) is 5.96 Å². The lowest BCUT2D eigenvalue weighted by molar-refractivity contribution is -0.155. The number of aliphatic hydroxyl groups excluding tert-OH is 1.